The number of aliphatic hydroxyl groups is 1. The minimum absolute atomic E-state index is 0.262. The van der Waals surface area contributed by atoms with Gasteiger partial charge in [-0.1, -0.05) is 6.07 Å². The van der Waals surface area contributed by atoms with Crippen LogP contribution in [0.25, 0.3) is 0 Å². The zero-order chi connectivity index (χ0) is 21.6. The molecule has 166 valence electrons. The molecule has 0 saturated carbocycles. The van der Waals surface area contributed by atoms with Crippen LogP contribution in [0.4, 0.5) is 0 Å². The van der Waals surface area contributed by atoms with Gasteiger partial charge in [-0.05, 0) is 74.7 Å². The van der Waals surface area contributed by atoms with Gasteiger partial charge in [0.25, 0.3) is 0 Å². The zero-order valence-electron chi connectivity index (χ0n) is 18.4. The lowest BCUT2D eigenvalue weighted by molar-refractivity contribution is -0.114. The fourth-order valence-electron chi connectivity index (χ4n) is 5.88. The number of aliphatic hydroxyl groups excluding tert-OH is 1. The molecule has 1 aliphatic carbocycles. The SMILES string of the molecule is Cc1c(C(O)CN2CCC3(CC2)CCN(C2=CC(=O)CC2)CC3)ccc2c1COC2=O. The van der Waals surface area contributed by atoms with E-state index in [1.54, 1.807) is 6.07 Å². The van der Waals surface area contributed by atoms with Crippen LogP contribution in [0.3, 0.4) is 0 Å². The van der Waals surface area contributed by atoms with Crippen molar-refractivity contribution in [3.8, 4) is 0 Å². The van der Waals surface area contributed by atoms with Crippen LogP contribution in [-0.4, -0.2) is 59.4 Å². The number of allylic oxidation sites excluding steroid dienone is 2. The van der Waals surface area contributed by atoms with Gasteiger partial charge in [-0.3, -0.25) is 4.79 Å². The second kappa shape index (κ2) is 8.06. The molecule has 1 atom stereocenters. The van der Waals surface area contributed by atoms with E-state index in [1.807, 2.05) is 19.1 Å². The first-order valence-electron chi connectivity index (χ1n) is 11.6. The standard InChI is InChI=1S/C25H32N2O4/c1-17-20(4-5-21-22(17)16-31-24(21)30)23(29)15-26-10-6-25(7-11-26)8-12-27(13-9-25)18-2-3-19(28)14-18/h4-5,14,23,29H,2-3,6-13,15-16H2,1H3. The van der Waals surface area contributed by atoms with Gasteiger partial charge in [-0.25, -0.2) is 4.79 Å². The summed E-state index contributed by atoms with van der Waals surface area (Å²) >= 11 is 0. The smallest absolute Gasteiger partial charge is 0.338 e. The maximum absolute atomic E-state index is 11.8. The molecule has 0 radical (unpaired) electrons. The summed E-state index contributed by atoms with van der Waals surface area (Å²) in [4.78, 5) is 28.1. The van der Waals surface area contributed by atoms with Crippen LogP contribution in [0.5, 0.6) is 0 Å². The summed E-state index contributed by atoms with van der Waals surface area (Å²) in [6, 6.07) is 3.68. The molecule has 3 heterocycles. The largest absolute Gasteiger partial charge is 0.457 e. The Morgan fingerprint density at radius 1 is 1.06 bits per heavy atom. The molecular weight excluding hydrogens is 392 g/mol. The Kier molecular flexibility index (Phi) is 5.39. The van der Waals surface area contributed by atoms with E-state index in [0.717, 1.165) is 49.3 Å². The van der Waals surface area contributed by atoms with Gasteiger partial charge in [0.15, 0.2) is 5.78 Å². The van der Waals surface area contributed by atoms with E-state index >= 15 is 0 Å². The Labute approximate surface area is 183 Å². The number of piperidine rings is 2. The predicted octanol–water partition coefficient (Wildman–Crippen LogP) is 3.12. The Hall–Kier alpha value is -2.18. The second-order valence-electron chi connectivity index (χ2n) is 9.79. The lowest BCUT2D eigenvalue weighted by Crippen LogP contribution is -2.47. The maximum atomic E-state index is 11.8. The molecule has 3 aliphatic heterocycles. The summed E-state index contributed by atoms with van der Waals surface area (Å²) in [7, 11) is 0. The Morgan fingerprint density at radius 3 is 2.45 bits per heavy atom. The summed E-state index contributed by atoms with van der Waals surface area (Å²) in [6.07, 6.45) is 7.66. The number of ketones is 1. The molecule has 0 aromatic heterocycles. The second-order valence-corrected chi connectivity index (χ2v) is 9.79. The molecule has 31 heavy (non-hydrogen) atoms. The number of benzene rings is 1. The van der Waals surface area contributed by atoms with Crippen LogP contribution in [0.15, 0.2) is 23.9 Å². The first-order valence-corrected chi connectivity index (χ1v) is 11.6. The van der Waals surface area contributed by atoms with Crippen LogP contribution in [0, 0.1) is 12.3 Å². The fraction of sp³-hybridized carbons (Fsp3) is 0.600. The molecule has 1 aromatic carbocycles. The van der Waals surface area contributed by atoms with Crippen molar-refractivity contribution in [3.63, 3.8) is 0 Å². The summed E-state index contributed by atoms with van der Waals surface area (Å²) in [5, 5.41) is 10.9. The monoisotopic (exact) mass is 424 g/mol. The summed E-state index contributed by atoms with van der Waals surface area (Å²) in [5.41, 5.74) is 5.11. The highest BCUT2D eigenvalue weighted by molar-refractivity contribution is 5.94. The highest BCUT2D eigenvalue weighted by Crippen LogP contribution is 2.43. The molecule has 2 fully saturated rings. The minimum atomic E-state index is -0.552. The molecular formula is C25H32N2O4. The van der Waals surface area contributed by atoms with Crippen LogP contribution in [0.1, 0.15) is 71.7 Å². The van der Waals surface area contributed by atoms with E-state index in [1.165, 1.54) is 31.4 Å². The number of hydrogen-bond donors (Lipinski definition) is 1. The number of rotatable bonds is 4. The Balaban J connectivity index is 1.15. The van der Waals surface area contributed by atoms with Crippen molar-refractivity contribution in [2.45, 2.75) is 58.2 Å². The number of ether oxygens (including phenoxy) is 1. The van der Waals surface area contributed by atoms with Crippen molar-refractivity contribution in [2.75, 3.05) is 32.7 Å². The number of cyclic esters (lactones) is 1. The number of esters is 1. The van der Waals surface area contributed by atoms with Gasteiger partial charge in [0, 0.05) is 43.4 Å². The van der Waals surface area contributed by atoms with Crippen LogP contribution in [0.2, 0.25) is 0 Å². The zero-order valence-corrected chi connectivity index (χ0v) is 18.4. The van der Waals surface area contributed by atoms with Gasteiger partial charge in [0.05, 0.1) is 11.7 Å². The number of carbonyl (C=O) groups excluding carboxylic acids is 2. The topological polar surface area (TPSA) is 70.1 Å². The van der Waals surface area contributed by atoms with Gasteiger partial charge in [-0.2, -0.15) is 0 Å². The van der Waals surface area contributed by atoms with Gasteiger partial charge < -0.3 is 19.6 Å². The Bertz CT molecular complexity index is 920. The van der Waals surface area contributed by atoms with Crippen LogP contribution in [-0.2, 0) is 16.1 Å². The average molecular weight is 425 g/mol. The summed E-state index contributed by atoms with van der Waals surface area (Å²) < 4.78 is 5.14. The number of likely N-dealkylation sites (tertiary alicyclic amines) is 2. The summed E-state index contributed by atoms with van der Waals surface area (Å²) in [5.74, 6) is 0.0159. The number of hydrogen-bond acceptors (Lipinski definition) is 6. The van der Waals surface area contributed by atoms with Crippen LogP contribution >= 0.6 is 0 Å². The molecule has 6 heteroatoms. The van der Waals surface area contributed by atoms with E-state index in [9.17, 15) is 14.7 Å². The maximum Gasteiger partial charge on any atom is 0.338 e. The predicted molar refractivity (Wildman–Crippen MR) is 116 cm³/mol. The molecule has 1 N–H and O–H groups in total. The highest BCUT2D eigenvalue weighted by Gasteiger charge is 2.38. The average Bonchev–Trinajstić information content (AvgIpc) is 3.37. The molecule has 2 saturated heterocycles. The molecule has 1 unspecified atom stereocenters. The van der Waals surface area contributed by atoms with Crippen molar-refractivity contribution in [3.05, 3.63) is 46.2 Å². The van der Waals surface area contributed by atoms with Crippen LogP contribution < -0.4 is 0 Å². The van der Waals surface area contributed by atoms with Crippen molar-refractivity contribution in [2.24, 2.45) is 5.41 Å². The molecule has 5 rings (SSSR count). The van der Waals surface area contributed by atoms with Gasteiger partial charge in [0.2, 0.25) is 0 Å². The van der Waals surface area contributed by atoms with Crippen molar-refractivity contribution < 1.29 is 19.4 Å². The number of fused-ring (bicyclic) bond motifs is 1. The lowest BCUT2D eigenvalue weighted by atomic mass is 9.71. The van der Waals surface area contributed by atoms with E-state index in [0.29, 0.717) is 30.6 Å². The first-order chi connectivity index (χ1) is 14.9. The quantitative estimate of drug-likeness (QED) is 0.749. The summed E-state index contributed by atoms with van der Waals surface area (Å²) in [6.45, 7) is 7.09. The Morgan fingerprint density at radius 2 is 1.77 bits per heavy atom. The third-order valence-electron chi connectivity index (χ3n) is 8.10. The van der Waals surface area contributed by atoms with Crippen molar-refractivity contribution in [1.82, 2.24) is 9.80 Å². The molecule has 1 spiro atoms. The lowest BCUT2D eigenvalue weighted by Gasteiger charge is -2.48. The first kappa shape index (κ1) is 20.7. The third-order valence-corrected chi connectivity index (χ3v) is 8.10. The number of carbonyl (C=O) groups is 2. The van der Waals surface area contributed by atoms with Gasteiger partial charge >= 0.3 is 5.97 Å². The molecule has 0 bridgehead atoms. The molecule has 4 aliphatic rings. The van der Waals surface area contributed by atoms with Gasteiger partial charge in [0.1, 0.15) is 6.61 Å². The van der Waals surface area contributed by atoms with E-state index in [4.69, 9.17) is 4.74 Å². The fourth-order valence-corrected chi connectivity index (χ4v) is 5.88. The highest BCUT2D eigenvalue weighted by atomic mass is 16.5. The van der Waals surface area contributed by atoms with E-state index < -0.39 is 6.10 Å². The van der Waals surface area contributed by atoms with Gasteiger partial charge in [-0.15, -0.1) is 0 Å². The molecule has 1 aromatic rings. The molecule has 0 amide bonds. The molecule has 6 nitrogen and oxygen atoms in total. The number of β-amino-alcohol motifs (C(OH)–C–C–N with tert-alkyl or cyclic N) is 1. The third kappa shape index (κ3) is 3.92. The van der Waals surface area contributed by atoms with E-state index in [2.05, 4.69) is 9.80 Å². The minimum Gasteiger partial charge on any atom is -0.457 e. The van der Waals surface area contributed by atoms with E-state index in [-0.39, 0.29) is 11.8 Å². The van der Waals surface area contributed by atoms with Crippen molar-refractivity contribution in [1.29, 1.82) is 0 Å². The normalized spacial score (nSPS) is 24.3. The van der Waals surface area contributed by atoms with Crippen molar-refractivity contribution >= 4 is 11.8 Å². The number of nitrogens with zero attached hydrogens (tertiary/aromatic N) is 2.